The predicted molar refractivity (Wildman–Crippen MR) is 116 cm³/mol. The monoisotopic (exact) mass is 397 g/mol. The van der Waals surface area contributed by atoms with Gasteiger partial charge in [-0.1, -0.05) is 25.4 Å². The number of aromatic nitrogens is 1. The molecule has 1 aromatic heterocycles. The van der Waals surface area contributed by atoms with Crippen LogP contribution in [-0.2, 0) is 0 Å². The lowest BCUT2D eigenvalue weighted by atomic mass is 10.1. The van der Waals surface area contributed by atoms with Crippen molar-refractivity contribution in [3.8, 4) is 11.5 Å². The SMILES string of the molecule is COc1cc(/C=N/Nc2ccnc3cc(Cl)ccc23)ccc1OCCC(C)C. The van der Waals surface area contributed by atoms with Crippen LogP contribution in [0.15, 0.2) is 53.8 Å². The fraction of sp³-hybridized carbons (Fsp3) is 0.273. The normalized spacial score (nSPS) is 11.3. The Balaban J connectivity index is 1.71. The van der Waals surface area contributed by atoms with E-state index in [4.69, 9.17) is 21.1 Å². The van der Waals surface area contributed by atoms with E-state index in [-0.39, 0.29) is 0 Å². The van der Waals surface area contributed by atoms with Crippen LogP contribution in [0.1, 0.15) is 25.8 Å². The molecule has 2 aromatic carbocycles. The van der Waals surface area contributed by atoms with Gasteiger partial charge in [-0.3, -0.25) is 10.4 Å². The van der Waals surface area contributed by atoms with Crippen LogP contribution in [0.2, 0.25) is 5.02 Å². The average molecular weight is 398 g/mol. The summed E-state index contributed by atoms with van der Waals surface area (Å²) in [6.45, 7) is 5.02. The topological polar surface area (TPSA) is 55.7 Å². The summed E-state index contributed by atoms with van der Waals surface area (Å²) in [5.74, 6) is 2.03. The minimum Gasteiger partial charge on any atom is -0.493 e. The Labute approximate surface area is 170 Å². The molecule has 0 spiro atoms. The van der Waals surface area contributed by atoms with Gasteiger partial charge in [0.25, 0.3) is 0 Å². The van der Waals surface area contributed by atoms with E-state index in [1.807, 2.05) is 42.5 Å². The molecule has 0 aliphatic carbocycles. The van der Waals surface area contributed by atoms with Gasteiger partial charge in [0.05, 0.1) is 31.1 Å². The third-order valence-electron chi connectivity index (χ3n) is 4.24. The molecule has 0 fully saturated rings. The largest absolute Gasteiger partial charge is 0.493 e. The van der Waals surface area contributed by atoms with Gasteiger partial charge in [-0.2, -0.15) is 5.10 Å². The van der Waals surface area contributed by atoms with Crippen molar-refractivity contribution in [2.45, 2.75) is 20.3 Å². The Hall–Kier alpha value is -2.79. The fourth-order valence-electron chi connectivity index (χ4n) is 2.68. The van der Waals surface area contributed by atoms with Gasteiger partial charge in [-0.05, 0) is 60.4 Å². The highest BCUT2D eigenvalue weighted by molar-refractivity contribution is 6.31. The van der Waals surface area contributed by atoms with Crippen LogP contribution in [-0.4, -0.2) is 24.9 Å². The van der Waals surface area contributed by atoms with E-state index in [0.29, 0.717) is 23.3 Å². The third kappa shape index (κ3) is 5.14. The number of nitrogens with zero attached hydrogens (tertiary/aromatic N) is 2. The zero-order valence-corrected chi connectivity index (χ0v) is 17.0. The van der Waals surface area contributed by atoms with Crippen LogP contribution in [0, 0.1) is 5.92 Å². The first-order valence-electron chi connectivity index (χ1n) is 9.21. The molecular formula is C22H24ClN3O2. The Morgan fingerprint density at radius 1 is 1.14 bits per heavy atom. The zero-order chi connectivity index (χ0) is 19.9. The summed E-state index contributed by atoms with van der Waals surface area (Å²) in [6.07, 6.45) is 4.47. The van der Waals surface area contributed by atoms with Crippen LogP contribution in [0.5, 0.6) is 11.5 Å². The van der Waals surface area contributed by atoms with Gasteiger partial charge in [0, 0.05) is 16.6 Å². The van der Waals surface area contributed by atoms with Crippen LogP contribution in [0.4, 0.5) is 5.69 Å². The van der Waals surface area contributed by atoms with Crippen LogP contribution in [0.25, 0.3) is 10.9 Å². The molecule has 28 heavy (non-hydrogen) atoms. The number of pyridine rings is 1. The van der Waals surface area contributed by atoms with E-state index in [9.17, 15) is 0 Å². The zero-order valence-electron chi connectivity index (χ0n) is 16.3. The molecule has 0 saturated carbocycles. The van der Waals surface area contributed by atoms with Gasteiger partial charge in [0.2, 0.25) is 0 Å². The average Bonchev–Trinajstić information content (AvgIpc) is 2.68. The maximum Gasteiger partial charge on any atom is 0.161 e. The van der Waals surface area contributed by atoms with Gasteiger partial charge in [-0.25, -0.2) is 0 Å². The number of methoxy groups -OCH3 is 1. The highest BCUT2D eigenvalue weighted by atomic mass is 35.5. The summed E-state index contributed by atoms with van der Waals surface area (Å²) < 4.78 is 11.3. The van der Waals surface area contributed by atoms with Gasteiger partial charge in [0.15, 0.2) is 11.5 Å². The van der Waals surface area contributed by atoms with E-state index in [2.05, 4.69) is 29.4 Å². The van der Waals surface area contributed by atoms with Crippen molar-refractivity contribution in [2.75, 3.05) is 19.1 Å². The number of anilines is 1. The highest BCUT2D eigenvalue weighted by Gasteiger charge is 2.06. The van der Waals surface area contributed by atoms with Crippen molar-refractivity contribution in [1.82, 2.24) is 4.98 Å². The molecule has 1 heterocycles. The first-order chi connectivity index (χ1) is 13.6. The number of fused-ring (bicyclic) bond motifs is 1. The van der Waals surface area contributed by atoms with E-state index in [1.165, 1.54) is 0 Å². The summed E-state index contributed by atoms with van der Waals surface area (Å²) >= 11 is 6.03. The van der Waals surface area contributed by atoms with Crippen LogP contribution >= 0.6 is 11.6 Å². The van der Waals surface area contributed by atoms with E-state index >= 15 is 0 Å². The lowest BCUT2D eigenvalue weighted by molar-refractivity contribution is 0.273. The molecule has 0 aliphatic rings. The number of hydrogen-bond acceptors (Lipinski definition) is 5. The quantitative estimate of drug-likeness (QED) is 0.387. The van der Waals surface area contributed by atoms with Crippen molar-refractivity contribution in [3.05, 3.63) is 59.2 Å². The minimum absolute atomic E-state index is 0.601. The molecule has 0 atom stereocenters. The Kier molecular flexibility index (Phi) is 6.71. The molecule has 0 amide bonds. The molecule has 0 aliphatic heterocycles. The van der Waals surface area contributed by atoms with Gasteiger partial charge in [0.1, 0.15) is 0 Å². The molecule has 5 nitrogen and oxygen atoms in total. The number of hydrazone groups is 1. The molecule has 0 bridgehead atoms. The molecule has 1 N–H and O–H groups in total. The molecule has 0 saturated heterocycles. The maximum absolute atomic E-state index is 6.03. The summed E-state index contributed by atoms with van der Waals surface area (Å²) in [6, 6.07) is 13.2. The molecule has 0 unspecified atom stereocenters. The Morgan fingerprint density at radius 2 is 2.00 bits per heavy atom. The van der Waals surface area contributed by atoms with Gasteiger partial charge in [-0.15, -0.1) is 0 Å². The number of nitrogens with one attached hydrogen (secondary N) is 1. The van der Waals surface area contributed by atoms with E-state index < -0.39 is 0 Å². The highest BCUT2D eigenvalue weighted by Crippen LogP contribution is 2.28. The second kappa shape index (κ2) is 9.42. The minimum atomic E-state index is 0.601. The number of hydrogen-bond donors (Lipinski definition) is 1. The summed E-state index contributed by atoms with van der Waals surface area (Å²) in [5, 5.41) is 5.95. The van der Waals surface area contributed by atoms with Gasteiger partial charge < -0.3 is 9.47 Å². The van der Waals surface area contributed by atoms with E-state index in [0.717, 1.165) is 34.3 Å². The first kappa shape index (κ1) is 20.0. The lowest BCUT2D eigenvalue weighted by Gasteiger charge is -2.12. The number of rotatable bonds is 8. The molecule has 146 valence electrons. The third-order valence-corrected chi connectivity index (χ3v) is 4.48. The van der Waals surface area contributed by atoms with Crippen LogP contribution < -0.4 is 14.9 Å². The first-order valence-corrected chi connectivity index (χ1v) is 9.59. The Bertz CT molecular complexity index is 973. The molecule has 0 radical (unpaired) electrons. The van der Waals surface area contributed by atoms with Crippen molar-refractivity contribution in [2.24, 2.45) is 11.0 Å². The number of halogens is 1. The molecular weight excluding hydrogens is 374 g/mol. The lowest BCUT2D eigenvalue weighted by Crippen LogP contribution is -2.03. The van der Waals surface area contributed by atoms with E-state index in [1.54, 1.807) is 19.5 Å². The van der Waals surface area contributed by atoms with Crippen molar-refractivity contribution in [3.63, 3.8) is 0 Å². The molecule has 3 rings (SSSR count). The molecule has 6 heteroatoms. The predicted octanol–water partition coefficient (Wildman–Crippen LogP) is 5.77. The standard InChI is InChI=1S/C22H24ClN3O2/c1-15(2)9-11-28-21-7-4-16(12-22(21)27-3)14-25-26-19-8-10-24-20-13-17(23)5-6-18(19)20/h4-8,10,12-15H,9,11H2,1-3H3,(H,24,26)/b25-14+. The maximum atomic E-state index is 6.03. The summed E-state index contributed by atoms with van der Waals surface area (Å²) in [5.41, 5.74) is 5.65. The summed E-state index contributed by atoms with van der Waals surface area (Å²) in [7, 11) is 1.64. The fourth-order valence-corrected chi connectivity index (χ4v) is 2.85. The van der Waals surface area contributed by atoms with Gasteiger partial charge >= 0.3 is 0 Å². The number of benzene rings is 2. The number of ether oxygens (including phenoxy) is 2. The summed E-state index contributed by atoms with van der Waals surface area (Å²) in [4.78, 5) is 4.33. The second-order valence-corrected chi connectivity index (χ2v) is 7.27. The van der Waals surface area contributed by atoms with Crippen LogP contribution in [0.3, 0.4) is 0 Å². The smallest absolute Gasteiger partial charge is 0.161 e. The van der Waals surface area contributed by atoms with Crippen molar-refractivity contribution < 1.29 is 9.47 Å². The Morgan fingerprint density at radius 3 is 2.79 bits per heavy atom. The van der Waals surface area contributed by atoms with Crippen molar-refractivity contribution >= 4 is 34.4 Å². The second-order valence-electron chi connectivity index (χ2n) is 6.83. The van der Waals surface area contributed by atoms with Crippen molar-refractivity contribution in [1.29, 1.82) is 0 Å². The molecule has 3 aromatic rings.